The minimum absolute atomic E-state index is 0.415. The summed E-state index contributed by atoms with van der Waals surface area (Å²) in [6.07, 6.45) is 0. The Balaban J connectivity index is 1.91. The third-order valence-corrected chi connectivity index (χ3v) is 9.38. The van der Waals surface area contributed by atoms with Gasteiger partial charge >= 0.3 is 0 Å². The smallest absolute Gasteiger partial charge is 0.0529 e. The molecule has 0 unspecified atom stereocenters. The third kappa shape index (κ3) is 2.85. The van der Waals surface area contributed by atoms with E-state index >= 15 is 0 Å². The Bertz CT molecular complexity index is 1340. The normalized spacial score (nSPS) is 14.4. The molecule has 0 N–H and O–H groups in total. The van der Waals surface area contributed by atoms with Crippen LogP contribution >= 0.6 is 95.6 Å². The third-order valence-electron chi connectivity index (χ3n) is 6.23. The van der Waals surface area contributed by atoms with Crippen molar-refractivity contribution in [3.8, 4) is 22.3 Å². The van der Waals surface area contributed by atoms with Crippen LogP contribution < -0.4 is 0 Å². The van der Waals surface area contributed by atoms with Gasteiger partial charge in [-0.15, -0.1) is 0 Å². The molecule has 4 aromatic carbocycles. The fourth-order valence-electron chi connectivity index (χ4n) is 5.25. The van der Waals surface area contributed by atoms with Crippen LogP contribution in [0.15, 0.2) is 87.5 Å². The maximum atomic E-state index is 3.87. The average Bonchev–Trinajstić information content (AvgIpc) is 3.14. The molecular formula is C25H10Br6. The van der Waals surface area contributed by atoms with Crippen LogP contribution in [-0.4, -0.2) is 0 Å². The highest BCUT2D eigenvalue weighted by Gasteiger charge is 2.53. The molecule has 0 saturated carbocycles. The quantitative estimate of drug-likeness (QED) is 0.144. The Labute approximate surface area is 230 Å². The largest absolute Gasteiger partial charge is 0.0727 e. The fraction of sp³-hybridized carbons (Fsp3) is 0.0400. The van der Waals surface area contributed by atoms with Crippen LogP contribution in [0.25, 0.3) is 22.3 Å². The van der Waals surface area contributed by atoms with Crippen molar-refractivity contribution in [1.29, 1.82) is 0 Å². The van der Waals surface area contributed by atoms with Gasteiger partial charge in [-0.05, 0) is 81.9 Å². The zero-order valence-electron chi connectivity index (χ0n) is 15.5. The lowest BCUT2D eigenvalue weighted by Crippen LogP contribution is -2.26. The number of benzene rings is 4. The predicted molar refractivity (Wildman–Crippen MR) is 149 cm³/mol. The molecule has 0 saturated heterocycles. The van der Waals surface area contributed by atoms with Gasteiger partial charge in [0.05, 0.1) is 5.41 Å². The highest BCUT2D eigenvalue weighted by molar-refractivity contribution is 9.11. The van der Waals surface area contributed by atoms with Crippen molar-refractivity contribution in [1.82, 2.24) is 0 Å². The van der Waals surface area contributed by atoms with Crippen molar-refractivity contribution in [3.05, 3.63) is 110 Å². The molecular weight excluding hydrogens is 780 g/mol. The van der Waals surface area contributed by atoms with Gasteiger partial charge in [0.15, 0.2) is 0 Å². The summed E-state index contributed by atoms with van der Waals surface area (Å²) in [6.45, 7) is 0. The monoisotopic (exact) mass is 784 g/mol. The van der Waals surface area contributed by atoms with E-state index in [1.807, 2.05) is 0 Å². The number of rotatable bonds is 0. The minimum atomic E-state index is -0.415. The van der Waals surface area contributed by atoms with Crippen LogP contribution in [0.5, 0.6) is 0 Å². The van der Waals surface area contributed by atoms with Gasteiger partial charge in [-0.1, -0.05) is 108 Å². The van der Waals surface area contributed by atoms with Crippen molar-refractivity contribution in [2.45, 2.75) is 5.41 Å². The van der Waals surface area contributed by atoms with E-state index in [1.165, 1.54) is 44.5 Å². The van der Waals surface area contributed by atoms with Crippen molar-refractivity contribution in [3.63, 3.8) is 0 Å². The molecule has 2 aliphatic rings. The maximum absolute atomic E-state index is 3.87. The summed E-state index contributed by atoms with van der Waals surface area (Å²) in [7, 11) is 0. The molecule has 0 amide bonds. The summed E-state index contributed by atoms with van der Waals surface area (Å²) in [6, 6.07) is 22.1. The van der Waals surface area contributed by atoms with E-state index in [1.54, 1.807) is 0 Å². The van der Waals surface area contributed by atoms with Crippen LogP contribution in [0.3, 0.4) is 0 Å². The first-order valence-electron chi connectivity index (χ1n) is 9.42. The molecule has 0 nitrogen and oxygen atoms in total. The molecule has 0 aromatic heterocycles. The first-order valence-corrected chi connectivity index (χ1v) is 14.2. The summed E-state index contributed by atoms with van der Waals surface area (Å²) in [5, 5.41) is 0. The Hall–Kier alpha value is -0.240. The molecule has 0 radical (unpaired) electrons. The molecule has 0 heterocycles. The molecule has 31 heavy (non-hydrogen) atoms. The van der Waals surface area contributed by atoms with Crippen LogP contribution in [0.1, 0.15) is 22.3 Å². The standard InChI is InChI=1S/C25H10Br6/c26-11-1-3-15-17(5-11)25(19-7-13(28)9-21(30)23(15)19)18-6-12(27)2-4-16(18)24-20(25)8-14(29)10-22(24)31/h1-10H. The van der Waals surface area contributed by atoms with Crippen molar-refractivity contribution < 1.29 is 0 Å². The first kappa shape index (κ1) is 21.3. The van der Waals surface area contributed by atoms with Crippen LogP contribution in [0.2, 0.25) is 0 Å². The summed E-state index contributed by atoms with van der Waals surface area (Å²) in [4.78, 5) is 0. The number of hydrogen-bond donors (Lipinski definition) is 0. The van der Waals surface area contributed by atoms with E-state index in [0.717, 1.165) is 26.8 Å². The minimum Gasteiger partial charge on any atom is -0.0529 e. The average molecular weight is 790 g/mol. The summed E-state index contributed by atoms with van der Waals surface area (Å²) in [5.74, 6) is 0. The highest BCUT2D eigenvalue weighted by atomic mass is 79.9. The molecule has 0 aliphatic heterocycles. The Morgan fingerprint density at radius 3 is 1.23 bits per heavy atom. The van der Waals surface area contributed by atoms with Gasteiger partial charge in [0.25, 0.3) is 0 Å². The molecule has 0 fully saturated rings. The van der Waals surface area contributed by atoms with Crippen molar-refractivity contribution in [2.75, 3.05) is 0 Å². The Morgan fingerprint density at radius 2 is 0.806 bits per heavy atom. The lowest BCUT2D eigenvalue weighted by atomic mass is 9.70. The SMILES string of the molecule is Brc1ccc2c(c1)C1(c3cc(Br)ccc3-c3c(Br)cc(Br)cc31)c1cc(Br)cc(Br)c1-2. The zero-order valence-corrected chi connectivity index (χ0v) is 25.1. The van der Waals surface area contributed by atoms with Gasteiger partial charge in [-0.2, -0.15) is 0 Å². The number of fused-ring (bicyclic) bond motifs is 10. The molecule has 0 atom stereocenters. The van der Waals surface area contributed by atoms with E-state index in [4.69, 9.17) is 0 Å². The second-order valence-corrected chi connectivity index (χ2v) is 13.1. The van der Waals surface area contributed by atoms with E-state index < -0.39 is 5.41 Å². The maximum Gasteiger partial charge on any atom is 0.0727 e. The van der Waals surface area contributed by atoms with Gasteiger partial charge in [0, 0.05) is 38.0 Å². The van der Waals surface area contributed by atoms with Crippen LogP contribution in [0, 0.1) is 0 Å². The molecule has 6 rings (SSSR count). The lowest BCUT2D eigenvalue weighted by Gasteiger charge is -2.31. The predicted octanol–water partition coefficient (Wildman–Crippen LogP) is 10.6. The number of halogens is 6. The number of hydrogen-bond acceptors (Lipinski definition) is 0. The van der Waals surface area contributed by atoms with Crippen molar-refractivity contribution in [2.24, 2.45) is 0 Å². The second kappa shape index (κ2) is 7.38. The van der Waals surface area contributed by atoms with Gasteiger partial charge in [0.1, 0.15) is 0 Å². The van der Waals surface area contributed by atoms with Gasteiger partial charge < -0.3 is 0 Å². The molecule has 2 aliphatic carbocycles. The molecule has 152 valence electrons. The van der Waals surface area contributed by atoms with Gasteiger partial charge in [-0.3, -0.25) is 0 Å². The van der Waals surface area contributed by atoms with E-state index in [0.29, 0.717) is 0 Å². The first-order chi connectivity index (χ1) is 14.8. The van der Waals surface area contributed by atoms with E-state index in [9.17, 15) is 0 Å². The summed E-state index contributed by atoms with van der Waals surface area (Å²) in [5.41, 5.74) is 9.75. The highest BCUT2D eigenvalue weighted by Crippen LogP contribution is 2.65. The van der Waals surface area contributed by atoms with Gasteiger partial charge in [-0.25, -0.2) is 0 Å². The van der Waals surface area contributed by atoms with E-state index in [-0.39, 0.29) is 0 Å². The fourth-order valence-corrected chi connectivity index (χ4v) is 8.85. The molecule has 6 heteroatoms. The second-order valence-electron chi connectivity index (χ2n) is 7.75. The lowest BCUT2D eigenvalue weighted by molar-refractivity contribution is 0.790. The summed E-state index contributed by atoms with van der Waals surface area (Å²) >= 11 is 22.8. The zero-order chi connectivity index (χ0) is 21.7. The topological polar surface area (TPSA) is 0 Å². The molecule has 1 spiro atoms. The van der Waals surface area contributed by atoms with Crippen LogP contribution in [-0.2, 0) is 5.41 Å². The van der Waals surface area contributed by atoms with Crippen LogP contribution in [0.4, 0.5) is 0 Å². The molecule has 0 bridgehead atoms. The summed E-state index contributed by atoms with van der Waals surface area (Å²) < 4.78 is 6.46. The van der Waals surface area contributed by atoms with Gasteiger partial charge in [0.2, 0.25) is 0 Å². The Morgan fingerprint density at radius 1 is 0.419 bits per heavy atom. The van der Waals surface area contributed by atoms with E-state index in [2.05, 4.69) is 156 Å². The van der Waals surface area contributed by atoms with Crippen molar-refractivity contribution >= 4 is 95.6 Å². The molecule has 4 aromatic rings. The Kier molecular flexibility index (Phi) is 5.07.